The lowest BCUT2D eigenvalue weighted by molar-refractivity contribution is -0.137. The number of benzene rings is 1. The van der Waals surface area contributed by atoms with E-state index in [-0.39, 0.29) is 28.9 Å². The van der Waals surface area contributed by atoms with Crippen molar-refractivity contribution in [2.45, 2.75) is 56.2 Å². The second kappa shape index (κ2) is 12.6. The lowest BCUT2D eigenvalue weighted by Gasteiger charge is -2.36. The van der Waals surface area contributed by atoms with Crippen molar-refractivity contribution in [1.29, 1.82) is 0 Å². The number of anilines is 1. The van der Waals surface area contributed by atoms with Gasteiger partial charge >= 0.3 is 0 Å². The number of carbonyl (C=O) groups excluding carboxylic acids is 1. The first-order valence-corrected chi connectivity index (χ1v) is 18.5. The van der Waals surface area contributed by atoms with Crippen LogP contribution in [0, 0.1) is 5.92 Å². The third-order valence-electron chi connectivity index (χ3n) is 8.27. The lowest BCUT2D eigenvalue weighted by atomic mass is 9.85. The second-order valence-corrected chi connectivity index (χ2v) is 16.1. The molecule has 1 N–H and O–H groups in total. The molecule has 1 saturated heterocycles. The van der Waals surface area contributed by atoms with E-state index in [0.29, 0.717) is 56.5 Å². The first-order valence-electron chi connectivity index (χ1n) is 14.5. The molecular formula is C29H39N5O6S2. The molecule has 2 fully saturated rings. The van der Waals surface area contributed by atoms with Crippen LogP contribution in [-0.2, 0) is 24.5 Å². The number of fused-ring (bicyclic) bond motifs is 1. The molecule has 2 aliphatic rings. The molecule has 3 heterocycles. The molecule has 2 aromatic heterocycles. The van der Waals surface area contributed by atoms with Crippen molar-refractivity contribution in [2.24, 2.45) is 5.92 Å². The van der Waals surface area contributed by atoms with Crippen LogP contribution in [0.1, 0.15) is 44.9 Å². The quantitative estimate of drug-likeness (QED) is 0.340. The van der Waals surface area contributed by atoms with Crippen LogP contribution >= 0.6 is 0 Å². The van der Waals surface area contributed by atoms with Crippen molar-refractivity contribution >= 4 is 42.4 Å². The summed E-state index contributed by atoms with van der Waals surface area (Å²) in [6.07, 6.45) is 10.8. The Morgan fingerprint density at radius 3 is 2.43 bits per heavy atom. The Balaban J connectivity index is 1.17. The molecule has 1 aliphatic heterocycles. The molecule has 0 atom stereocenters. The summed E-state index contributed by atoms with van der Waals surface area (Å²) in [5.41, 5.74) is 0.917. The third kappa shape index (κ3) is 7.41. The standard InChI is InChI=1S/C29H39N5O6S2/c1-41(36,37)20-4-19-40-26-6-3-5-25-24(26)14-18-34(25)27-11-15-30-29(32-27)31-22-9-7-21(8-10-22)28(35)33-16-12-23(13-17-33)42(2,38)39/h3,5-6,11,14-15,18,21-23H,4,7-10,12-13,16-17,19-20H2,1-2H3,(H,30,31,32)/t21-,22-. The van der Waals surface area contributed by atoms with Crippen molar-refractivity contribution < 1.29 is 26.4 Å². The molecule has 1 amide bonds. The molecule has 0 spiro atoms. The molecule has 42 heavy (non-hydrogen) atoms. The van der Waals surface area contributed by atoms with Crippen LogP contribution < -0.4 is 10.1 Å². The summed E-state index contributed by atoms with van der Waals surface area (Å²) in [4.78, 5) is 24.1. The van der Waals surface area contributed by atoms with E-state index in [2.05, 4.69) is 10.3 Å². The molecule has 0 unspecified atom stereocenters. The molecule has 1 aromatic carbocycles. The molecule has 0 radical (unpaired) electrons. The highest BCUT2D eigenvalue weighted by Gasteiger charge is 2.33. The number of rotatable bonds is 10. The summed E-state index contributed by atoms with van der Waals surface area (Å²) in [5.74, 6) is 2.14. The van der Waals surface area contributed by atoms with Gasteiger partial charge in [-0.05, 0) is 69.2 Å². The fraction of sp³-hybridized carbons (Fsp3) is 0.552. The van der Waals surface area contributed by atoms with Crippen molar-refractivity contribution in [3.05, 3.63) is 42.7 Å². The average molecular weight is 618 g/mol. The maximum Gasteiger partial charge on any atom is 0.225 e. The van der Waals surface area contributed by atoms with Gasteiger partial charge in [-0.25, -0.2) is 21.8 Å². The van der Waals surface area contributed by atoms with Gasteiger partial charge in [0.15, 0.2) is 0 Å². The Morgan fingerprint density at radius 1 is 1.00 bits per heavy atom. The summed E-state index contributed by atoms with van der Waals surface area (Å²) < 4.78 is 54.3. The summed E-state index contributed by atoms with van der Waals surface area (Å²) in [7, 11) is -6.08. The first-order chi connectivity index (χ1) is 20.0. The zero-order valence-corrected chi connectivity index (χ0v) is 25.7. The fourth-order valence-electron chi connectivity index (χ4n) is 5.95. The number of amides is 1. The number of carbonyl (C=O) groups is 1. The van der Waals surface area contributed by atoms with E-state index in [0.717, 1.165) is 36.6 Å². The van der Waals surface area contributed by atoms with Crippen molar-refractivity contribution in [3.8, 4) is 11.6 Å². The van der Waals surface area contributed by atoms with Crippen LogP contribution in [0.15, 0.2) is 42.7 Å². The van der Waals surface area contributed by atoms with E-state index in [1.807, 2.05) is 46.0 Å². The Hall–Kier alpha value is -3.19. The summed E-state index contributed by atoms with van der Waals surface area (Å²) >= 11 is 0. The van der Waals surface area contributed by atoms with Crippen molar-refractivity contribution in [2.75, 3.05) is 43.3 Å². The number of hydrogen-bond acceptors (Lipinski definition) is 9. The number of nitrogens with zero attached hydrogens (tertiary/aromatic N) is 4. The number of nitrogens with one attached hydrogen (secondary N) is 1. The fourth-order valence-corrected chi connectivity index (χ4v) is 7.66. The number of piperidine rings is 1. The van der Waals surface area contributed by atoms with Gasteiger partial charge in [0.2, 0.25) is 11.9 Å². The van der Waals surface area contributed by atoms with Crippen LogP contribution in [0.4, 0.5) is 5.95 Å². The maximum atomic E-state index is 13.1. The van der Waals surface area contributed by atoms with E-state index >= 15 is 0 Å². The smallest absolute Gasteiger partial charge is 0.225 e. The van der Waals surface area contributed by atoms with Crippen LogP contribution in [0.5, 0.6) is 5.75 Å². The topological polar surface area (TPSA) is 141 Å². The summed E-state index contributed by atoms with van der Waals surface area (Å²) in [6.45, 7) is 1.34. The van der Waals surface area contributed by atoms with Gasteiger partial charge in [0.1, 0.15) is 31.2 Å². The van der Waals surface area contributed by atoms with Gasteiger partial charge < -0.3 is 19.5 Å². The highest BCUT2D eigenvalue weighted by Crippen LogP contribution is 2.31. The van der Waals surface area contributed by atoms with Gasteiger partial charge in [0.05, 0.1) is 23.1 Å². The maximum absolute atomic E-state index is 13.1. The van der Waals surface area contributed by atoms with Crippen LogP contribution in [0.2, 0.25) is 0 Å². The number of likely N-dealkylation sites (tertiary alicyclic amines) is 1. The molecule has 1 saturated carbocycles. The number of sulfone groups is 2. The van der Waals surface area contributed by atoms with Crippen molar-refractivity contribution in [3.63, 3.8) is 0 Å². The molecule has 11 nitrogen and oxygen atoms in total. The summed E-state index contributed by atoms with van der Waals surface area (Å²) in [5, 5.41) is 4.02. The zero-order valence-electron chi connectivity index (χ0n) is 24.1. The van der Waals surface area contributed by atoms with Crippen LogP contribution in [-0.4, -0.2) is 91.4 Å². The average Bonchev–Trinajstić information content (AvgIpc) is 3.40. The van der Waals surface area contributed by atoms with E-state index in [1.54, 1.807) is 6.20 Å². The first kappa shape index (κ1) is 30.3. The highest BCUT2D eigenvalue weighted by molar-refractivity contribution is 7.91. The van der Waals surface area contributed by atoms with Gasteiger partial charge in [0, 0.05) is 55.3 Å². The van der Waals surface area contributed by atoms with Gasteiger partial charge in [-0.15, -0.1) is 0 Å². The normalized spacial score (nSPS) is 20.5. The largest absolute Gasteiger partial charge is 0.493 e. The highest BCUT2D eigenvalue weighted by atomic mass is 32.2. The molecule has 13 heteroatoms. The Bertz CT molecular complexity index is 1620. The van der Waals surface area contributed by atoms with Gasteiger partial charge in [0.25, 0.3) is 0 Å². The third-order valence-corrected chi connectivity index (χ3v) is 11.0. The van der Waals surface area contributed by atoms with E-state index in [9.17, 15) is 21.6 Å². The Morgan fingerprint density at radius 2 is 1.74 bits per heavy atom. The SMILES string of the molecule is CS(=O)(=O)CCCOc1cccc2c1ccn2-c1ccnc(N[C@H]2CC[C@H](C(=O)N3CCC(S(C)(=O)=O)CC3)CC2)n1. The molecule has 228 valence electrons. The Kier molecular flexibility index (Phi) is 9.07. The van der Waals surface area contributed by atoms with Gasteiger partial charge in [-0.1, -0.05) is 6.07 Å². The molecule has 3 aromatic rings. The van der Waals surface area contributed by atoms with E-state index in [1.165, 1.54) is 12.5 Å². The number of ether oxygens (including phenoxy) is 1. The van der Waals surface area contributed by atoms with Gasteiger partial charge in [-0.2, -0.15) is 4.98 Å². The van der Waals surface area contributed by atoms with E-state index in [4.69, 9.17) is 9.72 Å². The van der Waals surface area contributed by atoms with Crippen LogP contribution in [0.25, 0.3) is 16.7 Å². The second-order valence-electron chi connectivity index (χ2n) is 11.5. The molecule has 5 rings (SSSR count). The summed E-state index contributed by atoms with van der Waals surface area (Å²) in [6, 6.07) is 9.71. The zero-order chi connectivity index (χ0) is 29.9. The minimum absolute atomic E-state index is 0.0286. The minimum atomic E-state index is -3.06. The molecule has 0 bridgehead atoms. The number of hydrogen-bond donors (Lipinski definition) is 1. The Labute approximate surface area is 247 Å². The van der Waals surface area contributed by atoms with Crippen molar-refractivity contribution in [1.82, 2.24) is 19.4 Å². The van der Waals surface area contributed by atoms with E-state index < -0.39 is 19.7 Å². The monoisotopic (exact) mass is 617 g/mol. The lowest BCUT2D eigenvalue weighted by Crippen LogP contribution is -2.45. The molecule has 1 aliphatic carbocycles. The predicted molar refractivity (Wildman–Crippen MR) is 163 cm³/mol. The van der Waals surface area contributed by atoms with Gasteiger partial charge in [-0.3, -0.25) is 4.79 Å². The number of aromatic nitrogens is 3. The molecular weight excluding hydrogens is 578 g/mol. The minimum Gasteiger partial charge on any atom is -0.493 e. The predicted octanol–water partition coefficient (Wildman–Crippen LogP) is 3.24. The van der Waals surface area contributed by atoms with Crippen LogP contribution in [0.3, 0.4) is 0 Å².